The maximum Gasteiger partial charge on any atom is 0.344 e. The van der Waals surface area contributed by atoms with Gasteiger partial charge in [-0.25, -0.2) is 14.8 Å². The molecule has 0 aliphatic rings. The van der Waals surface area contributed by atoms with E-state index in [-0.39, 0.29) is 12.6 Å². The molecule has 0 saturated heterocycles. The van der Waals surface area contributed by atoms with Crippen molar-refractivity contribution in [2.24, 2.45) is 0 Å². The van der Waals surface area contributed by atoms with Gasteiger partial charge in [0, 0.05) is 6.04 Å². The first-order chi connectivity index (χ1) is 11.1. The van der Waals surface area contributed by atoms with E-state index in [4.69, 9.17) is 10.5 Å². The van der Waals surface area contributed by atoms with Gasteiger partial charge in [0.1, 0.15) is 16.9 Å². The maximum absolute atomic E-state index is 12.4. The van der Waals surface area contributed by atoms with E-state index in [9.17, 15) is 4.79 Å². The third-order valence-electron chi connectivity index (χ3n) is 4.04. The highest BCUT2D eigenvalue weighted by Crippen LogP contribution is 2.32. The van der Waals surface area contributed by atoms with Gasteiger partial charge in [0.15, 0.2) is 5.65 Å². The zero-order valence-corrected chi connectivity index (χ0v) is 13.5. The van der Waals surface area contributed by atoms with Crippen LogP contribution in [0.3, 0.4) is 0 Å². The molecule has 2 N–H and O–H groups in total. The van der Waals surface area contributed by atoms with Crippen LogP contribution in [0.25, 0.3) is 22.2 Å². The molecule has 2 aromatic heterocycles. The van der Waals surface area contributed by atoms with E-state index in [1.165, 1.54) is 0 Å². The van der Waals surface area contributed by atoms with Gasteiger partial charge >= 0.3 is 5.97 Å². The van der Waals surface area contributed by atoms with E-state index in [1.807, 2.05) is 35.8 Å². The highest BCUT2D eigenvalue weighted by atomic mass is 16.5. The molecule has 0 unspecified atom stereocenters. The van der Waals surface area contributed by atoms with Crippen LogP contribution in [0.4, 0.5) is 5.82 Å². The number of hydrogen-bond acceptors (Lipinski definition) is 5. The van der Waals surface area contributed by atoms with E-state index in [0.717, 1.165) is 17.5 Å². The van der Waals surface area contributed by atoms with Gasteiger partial charge in [0.25, 0.3) is 0 Å². The smallest absolute Gasteiger partial charge is 0.344 e. The van der Waals surface area contributed by atoms with Crippen LogP contribution in [0, 0.1) is 0 Å². The van der Waals surface area contributed by atoms with Gasteiger partial charge in [-0.3, -0.25) is 0 Å². The predicted octanol–water partition coefficient (Wildman–Crippen LogP) is 3.31. The standard InChI is InChI=1S/C17H20N4O2/c1-4-10(3)21-15(18)13(17(22)23-5-2)14-16(21)20-12-9-7-6-8-11(12)19-14/h6-10H,4-5,18H2,1-3H3/t10-/m1/s1. The monoisotopic (exact) mass is 312 g/mol. The Morgan fingerprint density at radius 1 is 1.26 bits per heavy atom. The van der Waals surface area contributed by atoms with Crippen molar-refractivity contribution in [2.75, 3.05) is 12.3 Å². The summed E-state index contributed by atoms with van der Waals surface area (Å²) in [4.78, 5) is 21.7. The molecule has 6 nitrogen and oxygen atoms in total. The first kappa shape index (κ1) is 15.3. The Hall–Kier alpha value is -2.63. The summed E-state index contributed by atoms with van der Waals surface area (Å²) in [5, 5.41) is 0. The second-order valence-electron chi connectivity index (χ2n) is 5.49. The van der Waals surface area contributed by atoms with Crippen LogP contribution >= 0.6 is 0 Å². The van der Waals surface area contributed by atoms with Crippen molar-refractivity contribution >= 4 is 34.0 Å². The molecule has 1 aromatic carbocycles. The fourth-order valence-electron chi connectivity index (χ4n) is 2.72. The van der Waals surface area contributed by atoms with Crippen LogP contribution in [0.15, 0.2) is 24.3 Å². The molecular formula is C17H20N4O2. The van der Waals surface area contributed by atoms with E-state index in [2.05, 4.69) is 16.9 Å². The Morgan fingerprint density at radius 2 is 1.91 bits per heavy atom. The van der Waals surface area contributed by atoms with Gasteiger partial charge in [-0.05, 0) is 32.4 Å². The Morgan fingerprint density at radius 3 is 2.52 bits per heavy atom. The molecule has 0 amide bonds. The van der Waals surface area contributed by atoms with Gasteiger partial charge in [0.2, 0.25) is 0 Å². The summed E-state index contributed by atoms with van der Waals surface area (Å²) >= 11 is 0. The second-order valence-corrected chi connectivity index (χ2v) is 5.49. The number of hydrogen-bond donors (Lipinski definition) is 1. The summed E-state index contributed by atoms with van der Waals surface area (Å²) in [7, 11) is 0. The Kier molecular flexibility index (Phi) is 3.90. The molecule has 6 heteroatoms. The fourth-order valence-corrected chi connectivity index (χ4v) is 2.72. The highest BCUT2D eigenvalue weighted by Gasteiger charge is 2.26. The number of aromatic nitrogens is 3. The van der Waals surface area contributed by atoms with Crippen molar-refractivity contribution in [3.63, 3.8) is 0 Å². The van der Waals surface area contributed by atoms with Crippen LogP contribution < -0.4 is 5.73 Å². The lowest BCUT2D eigenvalue weighted by Crippen LogP contribution is -2.11. The number of esters is 1. The average molecular weight is 312 g/mol. The Balaban J connectivity index is 2.39. The number of carbonyl (C=O) groups excluding carboxylic acids is 1. The van der Waals surface area contributed by atoms with Crippen molar-refractivity contribution in [1.82, 2.24) is 14.5 Å². The van der Waals surface area contributed by atoms with Crippen LogP contribution in [0.2, 0.25) is 0 Å². The summed E-state index contributed by atoms with van der Waals surface area (Å²) in [6, 6.07) is 7.68. The van der Waals surface area contributed by atoms with Gasteiger partial charge < -0.3 is 15.0 Å². The van der Waals surface area contributed by atoms with Gasteiger partial charge in [-0.15, -0.1) is 0 Å². The zero-order chi connectivity index (χ0) is 16.6. The number of carbonyl (C=O) groups is 1. The van der Waals surface area contributed by atoms with Crippen LogP contribution in [0.5, 0.6) is 0 Å². The molecule has 2 heterocycles. The summed E-state index contributed by atoms with van der Waals surface area (Å²) in [6.45, 7) is 6.16. The van der Waals surface area contributed by atoms with Crippen LogP contribution in [-0.4, -0.2) is 27.1 Å². The van der Waals surface area contributed by atoms with Crippen molar-refractivity contribution in [3.05, 3.63) is 29.8 Å². The molecule has 1 atom stereocenters. The minimum Gasteiger partial charge on any atom is -0.462 e. The molecule has 0 fully saturated rings. The summed E-state index contributed by atoms with van der Waals surface area (Å²) in [5.41, 5.74) is 9.20. The van der Waals surface area contributed by atoms with Gasteiger partial charge in [0.05, 0.1) is 17.6 Å². The largest absolute Gasteiger partial charge is 0.462 e. The number of nitrogens with two attached hydrogens (primary N) is 1. The first-order valence-electron chi connectivity index (χ1n) is 7.81. The number of nitrogen functional groups attached to an aromatic ring is 1. The number of rotatable bonds is 4. The molecule has 3 rings (SSSR count). The number of anilines is 1. The average Bonchev–Trinajstić information content (AvgIpc) is 2.83. The molecule has 0 aliphatic carbocycles. The third kappa shape index (κ3) is 2.40. The van der Waals surface area contributed by atoms with E-state index in [1.54, 1.807) is 6.92 Å². The molecule has 0 bridgehead atoms. The predicted molar refractivity (Wildman–Crippen MR) is 90.4 cm³/mol. The highest BCUT2D eigenvalue weighted by molar-refractivity contribution is 6.08. The SMILES string of the molecule is CCOC(=O)c1c(N)n([C@H](C)CC)c2nc3ccccc3nc12. The molecule has 0 saturated carbocycles. The lowest BCUT2D eigenvalue weighted by molar-refractivity contribution is 0.0529. The number of fused-ring (bicyclic) bond motifs is 2. The van der Waals surface area contributed by atoms with Crippen LogP contribution in [0.1, 0.15) is 43.6 Å². The third-order valence-corrected chi connectivity index (χ3v) is 4.04. The number of ether oxygens (including phenoxy) is 1. The Labute approximate surface area is 134 Å². The number of benzene rings is 1. The lowest BCUT2D eigenvalue weighted by atomic mass is 10.2. The topological polar surface area (TPSA) is 83.0 Å². The van der Waals surface area contributed by atoms with Crippen molar-refractivity contribution in [1.29, 1.82) is 0 Å². The Bertz CT molecular complexity index is 885. The fraction of sp³-hybridized carbons (Fsp3) is 0.353. The van der Waals surface area contributed by atoms with Crippen molar-refractivity contribution < 1.29 is 9.53 Å². The molecule has 0 radical (unpaired) electrons. The van der Waals surface area contributed by atoms with Crippen LogP contribution in [-0.2, 0) is 4.74 Å². The quantitative estimate of drug-likeness (QED) is 0.747. The van der Waals surface area contributed by atoms with Gasteiger partial charge in [-0.1, -0.05) is 19.1 Å². The summed E-state index contributed by atoms with van der Waals surface area (Å²) in [6.07, 6.45) is 0.866. The van der Waals surface area contributed by atoms with Gasteiger partial charge in [-0.2, -0.15) is 0 Å². The number of nitrogens with zero attached hydrogens (tertiary/aromatic N) is 3. The maximum atomic E-state index is 12.4. The minimum atomic E-state index is -0.457. The molecule has 0 spiro atoms. The van der Waals surface area contributed by atoms with E-state index >= 15 is 0 Å². The summed E-state index contributed by atoms with van der Waals surface area (Å²) < 4.78 is 7.03. The van der Waals surface area contributed by atoms with E-state index in [0.29, 0.717) is 22.5 Å². The molecule has 3 aromatic rings. The summed E-state index contributed by atoms with van der Waals surface area (Å²) in [5.74, 6) is -0.0928. The minimum absolute atomic E-state index is 0.108. The first-order valence-corrected chi connectivity index (χ1v) is 7.81. The molecule has 0 aliphatic heterocycles. The van der Waals surface area contributed by atoms with E-state index < -0.39 is 5.97 Å². The molecular weight excluding hydrogens is 292 g/mol. The molecule has 120 valence electrons. The second kappa shape index (κ2) is 5.87. The number of para-hydroxylation sites is 2. The normalized spacial score (nSPS) is 12.7. The lowest BCUT2D eigenvalue weighted by Gasteiger charge is -2.14. The van der Waals surface area contributed by atoms with Crippen molar-refractivity contribution in [3.8, 4) is 0 Å². The zero-order valence-electron chi connectivity index (χ0n) is 13.5. The molecule has 23 heavy (non-hydrogen) atoms. The van der Waals surface area contributed by atoms with Crippen molar-refractivity contribution in [2.45, 2.75) is 33.2 Å².